The van der Waals surface area contributed by atoms with Crippen molar-refractivity contribution in [2.75, 3.05) is 0 Å². The van der Waals surface area contributed by atoms with Crippen molar-refractivity contribution in [3.63, 3.8) is 0 Å². The van der Waals surface area contributed by atoms with Crippen LogP contribution >= 0.6 is 11.3 Å². The Hall–Kier alpha value is -0.550. The van der Waals surface area contributed by atoms with Crippen LogP contribution in [-0.4, -0.2) is 16.9 Å². The van der Waals surface area contributed by atoms with Crippen LogP contribution in [0.25, 0.3) is 0 Å². The normalized spacial score (nSPS) is 23.2. The summed E-state index contributed by atoms with van der Waals surface area (Å²) in [5, 5.41) is 2.92. The minimum Gasteiger partial charge on any atom is -0.327 e. The van der Waals surface area contributed by atoms with Crippen molar-refractivity contribution in [2.45, 2.75) is 44.1 Å². The van der Waals surface area contributed by atoms with Gasteiger partial charge in [0.05, 0.1) is 5.01 Å². The van der Waals surface area contributed by atoms with E-state index in [1.54, 1.807) is 17.5 Å². The van der Waals surface area contributed by atoms with Crippen LogP contribution in [0.3, 0.4) is 0 Å². The summed E-state index contributed by atoms with van der Waals surface area (Å²) in [4.78, 5) is 4.17. The maximum absolute atomic E-state index is 13.0. The largest absolute Gasteiger partial charge is 0.327 e. The number of halogens is 2. The molecule has 16 heavy (non-hydrogen) atoms. The predicted molar refractivity (Wildman–Crippen MR) is 60.7 cm³/mol. The van der Waals surface area contributed by atoms with E-state index in [1.165, 1.54) is 0 Å². The Morgan fingerprint density at radius 1 is 1.50 bits per heavy atom. The van der Waals surface area contributed by atoms with Gasteiger partial charge in [0.2, 0.25) is 5.92 Å². The van der Waals surface area contributed by atoms with Crippen molar-refractivity contribution in [3.8, 4) is 0 Å². The molecular weight excluding hydrogens is 230 g/mol. The molecule has 2 N–H and O–H groups in total. The Bertz CT molecular complexity index is 317. The highest BCUT2D eigenvalue weighted by Crippen LogP contribution is 2.37. The van der Waals surface area contributed by atoms with E-state index in [-0.39, 0.29) is 24.8 Å². The fourth-order valence-electron chi connectivity index (χ4n) is 2.21. The molecule has 0 saturated heterocycles. The summed E-state index contributed by atoms with van der Waals surface area (Å²) >= 11 is 1.58. The van der Waals surface area contributed by atoms with E-state index in [2.05, 4.69) is 4.98 Å². The smallest absolute Gasteiger partial charge is 0.248 e. The lowest BCUT2D eigenvalue weighted by Crippen LogP contribution is -2.37. The molecular formula is C11H16F2N2S. The molecule has 1 aliphatic carbocycles. The highest BCUT2D eigenvalue weighted by molar-refractivity contribution is 7.09. The van der Waals surface area contributed by atoms with E-state index in [0.717, 1.165) is 5.01 Å². The van der Waals surface area contributed by atoms with Gasteiger partial charge in [-0.3, -0.25) is 0 Å². The summed E-state index contributed by atoms with van der Waals surface area (Å²) in [5.41, 5.74) is 6.05. The predicted octanol–water partition coefficient (Wildman–Crippen LogP) is 2.84. The van der Waals surface area contributed by atoms with Crippen molar-refractivity contribution in [1.29, 1.82) is 0 Å². The number of aromatic nitrogens is 1. The van der Waals surface area contributed by atoms with Crippen LogP contribution < -0.4 is 5.73 Å². The van der Waals surface area contributed by atoms with Crippen LogP contribution in [0.15, 0.2) is 11.6 Å². The van der Waals surface area contributed by atoms with Gasteiger partial charge >= 0.3 is 0 Å². The van der Waals surface area contributed by atoms with Crippen molar-refractivity contribution < 1.29 is 8.78 Å². The number of alkyl halides is 2. The lowest BCUT2D eigenvalue weighted by atomic mass is 9.81. The quantitative estimate of drug-likeness (QED) is 0.890. The molecule has 0 spiro atoms. The van der Waals surface area contributed by atoms with Crippen LogP contribution in [0.2, 0.25) is 0 Å². The molecule has 1 heterocycles. The van der Waals surface area contributed by atoms with Gasteiger partial charge in [-0.1, -0.05) is 0 Å². The average molecular weight is 246 g/mol. The van der Waals surface area contributed by atoms with Gasteiger partial charge in [0.15, 0.2) is 0 Å². The number of thiazole rings is 1. The zero-order valence-corrected chi connectivity index (χ0v) is 9.85. The monoisotopic (exact) mass is 246 g/mol. The highest BCUT2D eigenvalue weighted by Gasteiger charge is 2.36. The average Bonchev–Trinajstić information content (AvgIpc) is 2.70. The molecule has 2 rings (SSSR count). The van der Waals surface area contributed by atoms with Gasteiger partial charge in [0, 0.05) is 36.9 Å². The molecule has 0 amide bonds. The summed E-state index contributed by atoms with van der Waals surface area (Å²) in [5.74, 6) is -2.24. The van der Waals surface area contributed by atoms with E-state index >= 15 is 0 Å². The molecule has 1 aliphatic rings. The minimum atomic E-state index is -2.46. The molecule has 2 nitrogen and oxygen atoms in total. The molecule has 0 bridgehead atoms. The van der Waals surface area contributed by atoms with E-state index in [0.29, 0.717) is 19.3 Å². The molecule has 1 saturated carbocycles. The van der Waals surface area contributed by atoms with Gasteiger partial charge in [-0.05, 0) is 18.8 Å². The Morgan fingerprint density at radius 2 is 2.19 bits per heavy atom. The number of nitrogens with two attached hydrogens (primary N) is 1. The van der Waals surface area contributed by atoms with E-state index in [1.807, 2.05) is 5.38 Å². The van der Waals surface area contributed by atoms with E-state index in [9.17, 15) is 8.78 Å². The number of nitrogens with zero attached hydrogens (tertiary/aromatic N) is 1. The maximum atomic E-state index is 13.0. The van der Waals surface area contributed by atoms with Crippen molar-refractivity contribution in [1.82, 2.24) is 4.98 Å². The van der Waals surface area contributed by atoms with Gasteiger partial charge in [-0.25, -0.2) is 13.8 Å². The molecule has 1 unspecified atom stereocenters. The summed E-state index contributed by atoms with van der Waals surface area (Å²) in [6.45, 7) is 0. The van der Waals surface area contributed by atoms with Crippen LogP contribution in [-0.2, 0) is 6.42 Å². The zero-order valence-electron chi connectivity index (χ0n) is 9.03. The summed E-state index contributed by atoms with van der Waals surface area (Å²) in [6.07, 6.45) is 3.53. The fourth-order valence-corrected chi connectivity index (χ4v) is 2.90. The number of hydrogen-bond donors (Lipinski definition) is 1. The van der Waals surface area contributed by atoms with E-state index in [4.69, 9.17) is 5.73 Å². The Labute approximate surface area is 97.9 Å². The first-order chi connectivity index (χ1) is 7.57. The third kappa shape index (κ3) is 2.98. The summed E-state index contributed by atoms with van der Waals surface area (Å²) < 4.78 is 25.9. The summed E-state index contributed by atoms with van der Waals surface area (Å²) in [6, 6.07) is -0.0257. The summed E-state index contributed by atoms with van der Waals surface area (Å²) in [7, 11) is 0. The SMILES string of the molecule is NC(Cc1nccs1)C1CCC(F)(F)CC1. The van der Waals surface area contributed by atoms with Gasteiger partial charge in [0.25, 0.3) is 0 Å². The second kappa shape index (κ2) is 4.75. The zero-order chi connectivity index (χ0) is 11.6. The van der Waals surface area contributed by atoms with Crippen LogP contribution in [0.5, 0.6) is 0 Å². The number of hydrogen-bond acceptors (Lipinski definition) is 3. The standard InChI is InChI=1S/C11H16F2N2S/c12-11(13)3-1-8(2-4-11)9(14)7-10-15-5-6-16-10/h5-6,8-9H,1-4,7,14H2. The maximum Gasteiger partial charge on any atom is 0.248 e. The fraction of sp³-hybridized carbons (Fsp3) is 0.727. The molecule has 1 atom stereocenters. The number of rotatable bonds is 3. The third-order valence-electron chi connectivity index (χ3n) is 3.26. The first-order valence-corrected chi connectivity index (χ1v) is 6.46. The molecule has 0 radical (unpaired) electrons. The second-order valence-electron chi connectivity index (χ2n) is 4.49. The second-order valence-corrected chi connectivity index (χ2v) is 5.47. The molecule has 1 fully saturated rings. The molecule has 5 heteroatoms. The lowest BCUT2D eigenvalue weighted by molar-refractivity contribution is -0.0481. The first-order valence-electron chi connectivity index (χ1n) is 5.59. The van der Waals surface area contributed by atoms with Gasteiger partial charge in [-0.2, -0.15) is 0 Å². The van der Waals surface area contributed by atoms with E-state index < -0.39 is 5.92 Å². The Balaban J connectivity index is 1.85. The van der Waals surface area contributed by atoms with Crippen molar-refractivity contribution in [2.24, 2.45) is 11.7 Å². The Kier molecular flexibility index (Phi) is 3.54. The molecule has 90 valence electrons. The van der Waals surface area contributed by atoms with Crippen LogP contribution in [0, 0.1) is 5.92 Å². The lowest BCUT2D eigenvalue weighted by Gasteiger charge is -2.31. The van der Waals surface area contributed by atoms with Gasteiger partial charge in [-0.15, -0.1) is 11.3 Å². The molecule has 1 aromatic rings. The first kappa shape index (κ1) is 11.9. The van der Waals surface area contributed by atoms with Crippen LogP contribution in [0.4, 0.5) is 8.78 Å². The molecule has 0 aliphatic heterocycles. The van der Waals surface area contributed by atoms with Crippen LogP contribution in [0.1, 0.15) is 30.7 Å². The van der Waals surface area contributed by atoms with Gasteiger partial charge < -0.3 is 5.73 Å². The Morgan fingerprint density at radius 3 is 2.75 bits per heavy atom. The van der Waals surface area contributed by atoms with Crippen molar-refractivity contribution in [3.05, 3.63) is 16.6 Å². The third-order valence-corrected chi connectivity index (χ3v) is 4.06. The topological polar surface area (TPSA) is 38.9 Å². The minimum absolute atomic E-state index is 0.0107. The molecule has 1 aromatic heterocycles. The van der Waals surface area contributed by atoms with Crippen molar-refractivity contribution >= 4 is 11.3 Å². The van der Waals surface area contributed by atoms with Gasteiger partial charge in [0.1, 0.15) is 0 Å². The highest BCUT2D eigenvalue weighted by atomic mass is 32.1. The molecule has 0 aromatic carbocycles.